The standard InChI is InChI=1S/C2H8N2.3C2H4O2.H2O3/c3-1-2-4;3*1-2(3)4;1-3-2/h1-4H2;3*1H3,(H,3,4);1-2H. The maximum Gasteiger partial charge on any atom is 0.300 e. The Bertz CT molecular complexity index is 156. The van der Waals surface area contributed by atoms with Crippen LogP contribution in [0, 0.1) is 0 Å². The van der Waals surface area contributed by atoms with Crippen molar-refractivity contribution in [2.45, 2.75) is 20.8 Å². The summed E-state index contributed by atoms with van der Waals surface area (Å²) in [5, 5.41) is 37.8. The third-order valence-electron chi connectivity index (χ3n) is 0.167. The molecule has 0 aromatic carbocycles. The molecule has 11 nitrogen and oxygen atoms in total. The number of carbonyl (C=O) groups is 3. The Labute approximate surface area is 109 Å². The topological polar surface area (TPSA) is 214 Å². The Morgan fingerprint density at radius 1 is 0.789 bits per heavy atom. The lowest BCUT2D eigenvalue weighted by Crippen LogP contribution is -2.11. The molecule has 0 radical (unpaired) electrons. The third kappa shape index (κ3) is 5240. The molecule has 118 valence electrons. The number of aliphatic carboxylic acids is 3. The highest BCUT2D eigenvalue weighted by Gasteiger charge is 1.66. The number of hydrogen-bond donors (Lipinski definition) is 7. The highest BCUT2D eigenvalue weighted by atomic mass is 17.4. The van der Waals surface area contributed by atoms with Gasteiger partial charge in [0.05, 0.1) is 0 Å². The average molecular weight is 290 g/mol. The van der Waals surface area contributed by atoms with E-state index >= 15 is 0 Å². The smallest absolute Gasteiger partial charge is 0.300 e. The summed E-state index contributed by atoms with van der Waals surface area (Å²) in [6.45, 7) is 4.44. The molecule has 0 fully saturated rings. The SMILES string of the molecule is CC(=O)O.CC(=O)O.CC(=O)O.NCCN.OOO. The van der Waals surface area contributed by atoms with Gasteiger partial charge in [0.2, 0.25) is 0 Å². The molecule has 19 heavy (non-hydrogen) atoms. The van der Waals surface area contributed by atoms with Gasteiger partial charge >= 0.3 is 0 Å². The van der Waals surface area contributed by atoms with Gasteiger partial charge in [-0.2, -0.15) is 0 Å². The van der Waals surface area contributed by atoms with Crippen molar-refractivity contribution < 1.29 is 45.3 Å². The van der Waals surface area contributed by atoms with Crippen molar-refractivity contribution in [1.29, 1.82) is 0 Å². The molecule has 0 amide bonds. The fourth-order valence-corrected chi connectivity index (χ4v) is 0. The molecule has 0 atom stereocenters. The fraction of sp³-hybridized carbons (Fsp3) is 0.625. The molecule has 0 unspecified atom stereocenters. The van der Waals surface area contributed by atoms with Crippen LogP contribution in [-0.4, -0.2) is 56.8 Å². The van der Waals surface area contributed by atoms with Crippen LogP contribution < -0.4 is 11.5 Å². The molecule has 0 aromatic heterocycles. The van der Waals surface area contributed by atoms with E-state index in [1.807, 2.05) is 0 Å². The average Bonchev–Trinajstić information content (AvgIpc) is 2.15. The van der Waals surface area contributed by atoms with E-state index in [4.69, 9.17) is 51.7 Å². The van der Waals surface area contributed by atoms with Crippen LogP contribution in [0.3, 0.4) is 0 Å². The Morgan fingerprint density at radius 3 is 0.842 bits per heavy atom. The highest BCUT2D eigenvalue weighted by Crippen LogP contribution is 1.42. The molecule has 0 rings (SSSR count). The Hall–Kier alpha value is -1.79. The first-order chi connectivity index (χ1) is 8.52. The molecule has 11 heteroatoms. The van der Waals surface area contributed by atoms with E-state index in [0.29, 0.717) is 13.1 Å². The quantitative estimate of drug-likeness (QED) is 0.232. The number of carboxylic acids is 3. The summed E-state index contributed by atoms with van der Waals surface area (Å²) in [5.41, 5.74) is 9.81. The molecule has 0 aliphatic rings. The molecule has 9 N–H and O–H groups in total. The zero-order valence-corrected chi connectivity index (χ0v) is 10.9. The summed E-state index contributed by atoms with van der Waals surface area (Å²) < 4.78 is 0. The second-order valence-corrected chi connectivity index (χ2v) is 2.22. The van der Waals surface area contributed by atoms with Crippen molar-refractivity contribution >= 4 is 17.9 Å². The Balaban J connectivity index is -0.0000000432. The molecule has 0 aliphatic carbocycles. The number of carboxylic acid groups (broad SMARTS) is 3. The van der Waals surface area contributed by atoms with Crippen LogP contribution in [-0.2, 0) is 19.4 Å². The summed E-state index contributed by atoms with van der Waals surface area (Å²) >= 11 is 0. The summed E-state index contributed by atoms with van der Waals surface area (Å²) in [5.74, 6) is -2.50. The van der Waals surface area contributed by atoms with Crippen LogP contribution in [0.15, 0.2) is 0 Å². The lowest BCUT2D eigenvalue weighted by Gasteiger charge is -1.72. The van der Waals surface area contributed by atoms with Crippen molar-refractivity contribution in [2.24, 2.45) is 11.5 Å². The van der Waals surface area contributed by atoms with Gasteiger partial charge in [0.25, 0.3) is 17.9 Å². The molecule has 0 aromatic rings. The molecule has 0 heterocycles. The van der Waals surface area contributed by atoms with Gasteiger partial charge in [-0.25, -0.2) is 10.5 Å². The van der Waals surface area contributed by atoms with Gasteiger partial charge in [0, 0.05) is 33.9 Å². The van der Waals surface area contributed by atoms with E-state index in [-0.39, 0.29) is 0 Å². The minimum atomic E-state index is -0.833. The van der Waals surface area contributed by atoms with Crippen molar-refractivity contribution in [2.75, 3.05) is 13.1 Å². The van der Waals surface area contributed by atoms with E-state index in [1.54, 1.807) is 0 Å². The van der Waals surface area contributed by atoms with Gasteiger partial charge in [0.15, 0.2) is 0 Å². The lowest BCUT2D eigenvalue weighted by atomic mass is 10.7. The van der Waals surface area contributed by atoms with Gasteiger partial charge in [-0.3, -0.25) is 14.4 Å². The first-order valence-electron chi connectivity index (χ1n) is 4.46. The predicted molar refractivity (Wildman–Crippen MR) is 64.4 cm³/mol. The Morgan fingerprint density at radius 2 is 0.842 bits per heavy atom. The van der Waals surface area contributed by atoms with Crippen LogP contribution in [0.4, 0.5) is 0 Å². The van der Waals surface area contributed by atoms with Crippen LogP contribution in [0.1, 0.15) is 20.8 Å². The van der Waals surface area contributed by atoms with Crippen LogP contribution >= 0.6 is 0 Å². The zero-order chi connectivity index (χ0) is 16.9. The minimum absolute atomic E-state index is 0.597. The van der Waals surface area contributed by atoms with Crippen molar-refractivity contribution in [3.63, 3.8) is 0 Å². The summed E-state index contributed by atoms with van der Waals surface area (Å²) in [6.07, 6.45) is 0. The van der Waals surface area contributed by atoms with Crippen LogP contribution in [0.25, 0.3) is 0 Å². The normalized spacial score (nSPS) is 6.47. The summed E-state index contributed by atoms with van der Waals surface area (Å²) in [7, 11) is 0. The van der Waals surface area contributed by atoms with Crippen molar-refractivity contribution in [3.8, 4) is 0 Å². The van der Waals surface area contributed by atoms with Crippen LogP contribution in [0.5, 0.6) is 0 Å². The molecule has 0 bridgehead atoms. The molecular weight excluding hydrogens is 268 g/mol. The first kappa shape index (κ1) is 30.3. The predicted octanol–water partition coefficient (Wildman–Crippen LogP) is -0.874. The van der Waals surface area contributed by atoms with Crippen molar-refractivity contribution in [3.05, 3.63) is 0 Å². The monoisotopic (exact) mass is 290 g/mol. The molecule has 0 aliphatic heterocycles. The van der Waals surface area contributed by atoms with Crippen LogP contribution in [0.2, 0.25) is 0 Å². The summed E-state index contributed by atoms with van der Waals surface area (Å²) in [4.78, 5) is 27.0. The van der Waals surface area contributed by atoms with E-state index in [1.165, 1.54) is 0 Å². The number of rotatable bonds is 1. The third-order valence-corrected chi connectivity index (χ3v) is 0.167. The van der Waals surface area contributed by atoms with E-state index < -0.39 is 17.9 Å². The summed E-state index contributed by atoms with van der Waals surface area (Å²) in [6, 6.07) is 0. The highest BCUT2D eigenvalue weighted by molar-refractivity contribution is 5.63. The largest absolute Gasteiger partial charge is 0.481 e. The van der Waals surface area contributed by atoms with E-state index in [9.17, 15) is 0 Å². The maximum atomic E-state index is 9.00. The van der Waals surface area contributed by atoms with Gasteiger partial charge in [-0.05, 0) is 0 Å². The van der Waals surface area contributed by atoms with E-state index in [2.05, 4.69) is 5.04 Å². The molecule has 0 spiro atoms. The fourth-order valence-electron chi connectivity index (χ4n) is 0. The number of nitrogens with two attached hydrogens (primary N) is 2. The maximum absolute atomic E-state index is 9.00. The van der Waals surface area contributed by atoms with E-state index in [0.717, 1.165) is 20.8 Å². The van der Waals surface area contributed by atoms with Crippen molar-refractivity contribution in [1.82, 2.24) is 0 Å². The molecule has 0 saturated heterocycles. The Kier molecular flexibility index (Phi) is 57.4. The van der Waals surface area contributed by atoms with Gasteiger partial charge in [-0.15, -0.1) is 0 Å². The second kappa shape index (κ2) is 36.0. The lowest BCUT2D eigenvalue weighted by molar-refractivity contribution is -0.465. The second-order valence-electron chi connectivity index (χ2n) is 2.22. The first-order valence-corrected chi connectivity index (χ1v) is 4.46. The molecule has 0 saturated carbocycles. The minimum Gasteiger partial charge on any atom is -0.481 e. The molecular formula is C8H22N2O9. The zero-order valence-electron chi connectivity index (χ0n) is 10.9. The van der Waals surface area contributed by atoms with Gasteiger partial charge in [0.1, 0.15) is 0 Å². The van der Waals surface area contributed by atoms with Gasteiger partial charge < -0.3 is 26.8 Å². The van der Waals surface area contributed by atoms with Gasteiger partial charge in [-0.1, -0.05) is 5.04 Å². The number of hydrogen-bond acceptors (Lipinski definition) is 8.